The second-order valence-electron chi connectivity index (χ2n) is 5.03. The van der Waals surface area contributed by atoms with E-state index in [2.05, 4.69) is 6.92 Å². The number of rotatable bonds is 4. The molecule has 0 spiro atoms. The van der Waals surface area contributed by atoms with Crippen LogP contribution in [0.2, 0.25) is 0 Å². The molecule has 0 radical (unpaired) electrons. The zero-order valence-electron chi connectivity index (χ0n) is 11.4. The Hall–Kier alpha value is -0.940. The van der Waals surface area contributed by atoms with Crippen LogP contribution in [0.25, 0.3) is 0 Å². The summed E-state index contributed by atoms with van der Waals surface area (Å²) in [6.07, 6.45) is 2.76. The summed E-state index contributed by atoms with van der Waals surface area (Å²) in [6.45, 7) is 2.98. The Morgan fingerprint density at radius 2 is 2.30 bits per heavy atom. The van der Waals surface area contributed by atoms with Crippen LogP contribution in [0.4, 0.5) is 0 Å². The van der Waals surface area contributed by atoms with E-state index >= 15 is 0 Å². The molecule has 1 aromatic rings. The molecular formula is C13H19N3O2S2. The van der Waals surface area contributed by atoms with Crippen molar-refractivity contribution in [2.24, 2.45) is 11.7 Å². The Morgan fingerprint density at radius 1 is 1.55 bits per heavy atom. The zero-order valence-corrected chi connectivity index (χ0v) is 13.1. The molecule has 1 fully saturated rings. The van der Waals surface area contributed by atoms with Gasteiger partial charge in [-0.25, -0.2) is 8.42 Å². The van der Waals surface area contributed by atoms with Gasteiger partial charge in [0.25, 0.3) is 10.0 Å². The van der Waals surface area contributed by atoms with Gasteiger partial charge in [0.15, 0.2) is 0 Å². The summed E-state index contributed by atoms with van der Waals surface area (Å²) >= 11 is 1.02. The van der Waals surface area contributed by atoms with Crippen molar-refractivity contribution in [3.8, 4) is 6.07 Å². The van der Waals surface area contributed by atoms with E-state index in [1.807, 2.05) is 6.07 Å². The summed E-state index contributed by atoms with van der Waals surface area (Å²) in [7, 11) is -3.52. The molecule has 1 aromatic heterocycles. The van der Waals surface area contributed by atoms with Crippen LogP contribution in [0.3, 0.4) is 0 Å². The van der Waals surface area contributed by atoms with E-state index in [9.17, 15) is 8.42 Å². The maximum Gasteiger partial charge on any atom is 0.252 e. The van der Waals surface area contributed by atoms with Crippen LogP contribution in [-0.2, 0) is 10.0 Å². The summed E-state index contributed by atoms with van der Waals surface area (Å²) in [5, 5.41) is 8.82. The van der Waals surface area contributed by atoms with E-state index < -0.39 is 10.0 Å². The van der Waals surface area contributed by atoms with Crippen LogP contribution in [0.1, 0.15) is 31.1 Å². The Morgan fingerprint density at radius 3 is 2.85 bits per heavy atom. The van der Waals surface area contributed by atoms with Crippen LogP contribution in [-0.4, -0.2) is 31.9 Å². The number of nitrogens with two attached hydrogens (primary N) is 1. The molecule has 0 aliphatic carbocycles. The number of sulfonamides is 1. The summed E-state index contributed by atoms with van der Waals surface area (Å²) in [6, 6.07) is 4.90. The van der Waals surface area contributed by atoms with Crippen LogP contribution in [0, 0.1) is 17.2 Å². The van der Waals surface area contributed by atoms with Gasteiger partial charge in [-0.3, -0.25) is 0 Å². The molecule has 5 nitrogen and oxygen atoms in total. The minimum absolute atomic E-state index is 0.133. The third-order valence-corrected chi connectivity index (χ3v) is 7.28. The van der Waals surface area contributed by atoms with Crippen LogP contribution in [0.15, 0.2) is 16.3 Å². The average Bonchev–Trinajstić information content (AvgIpc) is 2.96. The molecule has 7 heteroatoms. The molecule has 0 aromatic carbocycles. The minimum atomic E-state index is -3.52. The lowest BCUT2D eigenvalue weighted by atomic mass is 9.90. The SMILES string of the molecule is CCC1CCN(S(=O)(=O)c2ccc(C#N)s2)C(CN)C1. The highest BCUT2D eigenvalue weighted by atomic mass is 32.2. The molecule has 1 aliphatic heterocycles. The van der Waals surface area contributed by atoms with Gasteiger partial charge in [-0.05, 0) is 30.9 Å². The zero-order chi connectivity index (χ0) is 14.8. The van der Waals surface area contributed by atoms with Crippen molar-refractivity contribution in [3.63, 3.8) is 0 Å². The van der Waals surface area contributed by atoms with Gasteiger partial charge >= 0.3 is 0 Å². The van der Waals surface area contributed by atoms with Crippen LogP contribution < -0.4 is 5.73 Å². The number of hydrogen-bond donors (Lipinski definition) is 1. The van der Waals surface area contributed by atoms with Gasteiger partial charge in [0.05, 0.1) is 0 Å². The lowest BCUT2D eigenvalue weighted by molar-refractivity contribution is 0.198. The lowest BCUT2D eigenvalue weighted by Crippen LogP contribution is -2.49. The summed E-state index contributed by atoms with van der Waals surface area (Å²) in [4.78, 5) is 0.413. The van der Waals surface area contributed by atoms with E-state index in [-0.39, 0.29) is 10.3 Å². The quantitative estimate of drug-likeness (QED) is 0.917. The molecule has 0 bridgehead atoms. The smallest absolute Gasteiger partial charge is 0.252 e. The largest absolute Gasteiger partial charge is 0.329 e. The van der Waals surface area contributed by atoms with E-state index in [4.69, 9.17) is 11.0 Å². The van der Waals surface area contributed by atoms with Crippen molar-refractivity contribution in [1.82, 2.24) is 4.31 Å². The fourth-order valence-electron chi connectivity index (χ4n) is 2.65. The molecule has 1 saturated heterocycles. The molecule has 0 saturated carbocycles. The molecule has 2 atom stereocenters. The average molecular weight is 313 g/mol. The molecule has 2 heterocycles. The lowest BCUT2D eigenvalue weighted by Gasteiger charge is -2.37. The highest BCUT2D eigenvalue weighted by molar-refractivity contribution is 7.91. The van der Waals surface area contributed by atoms with E-state index in [1.54, 1.807) is 6.07 Å². The second-order valence-corrected chi connectivity index (χ2v) is 8.24. The van der Waals surface area contributed by atoms with Crippen molar-refractivity contribution in [1.29, 1.82) is 5.26 Å². The third kappa shape index (κ3) is 2.88. The fourth-order valence-corrected chi connectivity index (χ4v) is 5.54. The monoisotopic (exact) mass is 313 g/mol. The van der Waals surface area contributed by atoms with Crippen molar-refractivity contribution < 1.29 is 8.42 Å². The summed E-state index contributed by atoms with van der Waals surface area (Å²) < 4.78 is 27.1. The summed E-state index contributed by atoms with van der Waals surface area (Å²) in [5.74, 6) is 0.549. The molecule has 2 unspecified atom stereocenters. The Kier molecular flexibility index (Phi) is 4.81. The normalized spacial score (nSPS) is 24.4. The molecular weight excluding hydrogens is 294 g/mol. The Labute approximate surface area is 124 Å². The van der Waals surface area contributed by atoms with Gasteiger partial charge in [-0.1, -0.05) is 13.3 Å². The van der Waals surface area contributed by atoms with Gasteiger partial charge in [-0.2, -0.15) is 9.57 Å². The van der Waals surface area contributed by atoms with Gasteiger partial charge in [0.2, 0.25) is 0 Å². The standard InChI is InChI=1S/C13H19N3O2S2/c1-2-10-5-6-16(11(7-10)8-14)20(17,18)13-4-3-12(9-15)19-13/h3-4,10-11H,2,5-8,14H2,1H3. The first-order valence-corrected chi connectivity index (χ1v) is 9.00. The molecule has 20 heavy (non-hydrogen) atoms. The van der Waals surface area contributed by atoms with Crippen molar-refractivity contribution >= 4 is 21.4 Å². The fraction of sp³-hybridized carbons (Fsp3) is 0.615. The predicted molar refractivity (Wildman–Crippen MR) is 78.8 cm³/mol. The highest BCUT2D eigenvalue weighted by Crippen LogP contribution is 2.32. The molecule has 110 valence electrons. The Balaban J connectivity index is 2.27. The van der Waals surface area contributed by atoms with Gasteiger partial charge in [0, 0.05) is 19.1 Å². The van der Waals surface area contributed by atoms with E-state index in [0.29, 0.717) is 23.9 Å². The number of nitriles is 1. The maximum absolute atomic E-state index is 12.7. The van der Waals surface area contributed by atoms with Crippen molar-refractivity contribution in [3.05, 3.63) is 17.0 Å². The predicted octanol–water partition coefficient (Wildman–Crippen LogP) is 1.76. The van der Waals surface area contributed by atoms with Gasteiger partial charge in [-0.15, -0.1) is 11.3 Å². The first-order valence-electron chi connectivity index (χ1n) is 6.74. The molecule has 2 N–H and O–H groups in total. The topological polar surface area (TPSA) is 87.2 Å². The molecule has 1 aliphatic rings. The van der Waals surface area contributed by atoms with E-state index in [0.717, 1.165) is 30.6 Å². The number of nitrogens with zero attached hydrogens (tertiary/aromatic N) is 2. The minimum Gasteiger partial charge on any atom is -0.329 e. The number of hydrogen-bond acceptors (Lipinski definition) is 5. The molecule has 0 amide bonds. The first-order chi connectivity index (χ1) is 9.52. The molecule has 2 rings (SSSR count). The van der Waals surface area contributed by atoms with Crippen LogP contribution in [0.5, 0.6) is 0 Å². The number of thiophene rings is 1. The van der Waals surface area contributed by atoms with Gasteiger partial charge in [0.1, 0.15) is 15.2 Å². The Bertz CT molecular complexity index is 603. The van der Waals surface area contributed by atoms with Crippen molar-refractivity contribution in [2.75, 3.05) is 13.1 Å². The van der Waals surface area contributed by atoms with Crippen molar-refractivity contribution in [2.45, 2.75) is 36.4 Å². The maximum atomic E-state index is 12.7. The van der Waals surface area contributed by atoms with E-state index in [1.165, 1.54) is 10.4 Å². The third-order valence-electron chi connectivity index (χ3n) is 3.87. The first kappa shape index (κ1) is 15.4. The highest BCUT2D eigenvalue weighted by Gasteiger charge is 2.36. The number of piperidine rings is 1. The second kappa shape index (κ2) is 6.22. The van der Waals surface area contributed by atoms with Gasteiger partial charge < -0.3 is 5.73 Å². The van der Waals surface area contributed by atoms with Crippen LogP contribution >= 0.6 is 11.3 Å². The summed E-state index contributed by atoms with van der Waals surface area (Å²) in [5.41, 5.74) is 5.76.